The van der Waals surface area contributed by atoms with Crippen LogP contribution < -0.4 is 10.2 Å². The summed E-state index contributed by atoms with van der Waals surface area (Å²) < 4.78 is 13.1. The summed E-state index contributed by atoms with van der Waals surface area (Å²) in [4.78, 5) is 18.3. The molecule has 0 unspecified atom stereocenters. The van der Waals surface area contributed by atoms with Gasteiger partial charge in [0.05, 0.1) is 5.69 Å². The van der Waals surface area contributed by atoms with Gasteiger partial charge in [0.2, 0.25) is 5.91 Å². The minimum Gasteiger partial charge on any atom is -0.369 e. The van der Waals surface area contributed by atoms with Crippen LogP contribution in [0.4, 0.5) is 15.8 Å². The number of hydrogen-bond donors (Lipinski definition) is 1. The Morgan fingerprint density at radius 2 is 1.62 bits per heavy atom. The zero-order valence-electron chi connectivity index (χ0n) is 19.2. The van der Waals surface area contributed by atoms with E-state index in [1.165, 1.54) is 12.1 Å². The Morgan fingerprint density at radius 3 is 2.38 bits per heavy atom. The fraction of sp³-hybridized carbons (Fsp3) is 0.250. The van der Waals surface area contributed by atoms with Gasteiger partial charge in [-0.2, -0.15) is 0 Å². The van der Waals surface area contributed by atoms with Gasteiger partial charge in [0, 0.05) is 42.8 Å². The van der Waals surface area contributed by atoms with Crippen molar-refractivity contribution in [2.24, 2.45) is 0 Å². The van der Waals surface area contributed by atoms with Gasteiger partial charge in [-0.25, -0.2) is 4.39 Å². The molecule has 1 aliphatic heterocycles. The number of rotatable bonds is 9. The highest BCUT2D eigenvalue weighted by Gasteiger charge is 2.17. The summed E-state index contributed by atoms with van der Waals surface area (Å²) in [6.07, 6.45) is 4.47. The summed E-state index contributed by atoms with van der Waals surface area (Å²) in [5.41, 5.74) is 2.94. The van der Waals surface area contributed by atoms with Crippen molar-refractivity contribution < 1.29 is 9.18 Å². The molecule has 3 aromatic carbocycles. The maximum absolute atomic E-state index is 13.1. The van der Waals surface area contributed by atoms with Crippen LogP contribution >= 0.6 is 11.8 Å². The van der Waals surface area contributed by atoms with Crippen molar-refractivity contribution in [1.82, 2.24) is 4.90 Å². The molecular formula is C28H30FN3OS. The predicted octanol–water partition coefficient (Wildman–Crippen LogP) is 5.78. The first-order valence-electron chi connectivity index (χ1n) is 11.7. The predicted molar refractivity (Wildman–Crippen MR) is 141 cm³/mol. The van der Waals surface area contributed by atoms with E-state index in [4.69, 9.17) is 0 Å². The van der Waals surface area contributed by atoms with E-state index in [2.05, 4.69) is 21.2 Å². The van der Waals surface area contributed by atoms with E-state index in [-0.39, 0.29) is 11.7 Å². The molecule has 1 aliphatic rings. The summed E-state index contributed by atoms with van der Waals surface area (Å²) in [7, 11) is 0. The lowest BCUT2D eigenvalue weighted by molar-refractivity contribution is -0.111. The number of para-hydroxylation sites is 1. The molecule has 0 bridgehead atoms. The van der Waals surface area contributed by atoms with Gasteiger partial charge in [0.1, 0.15) is 5.82 Å². The molecule has 4 rings (SSSR count). The zero-order valence-corrected chi connectivity index (χ0v) is 20.0. The lowest BCUT2D eigenvalue weighted by atomic mass is 10.2. The Morgan fingerprint density at radius 1 is 0.912 bits per heavy atom. The number of carbonyl (C=O) groups is 1. The van der Waals surface area contributed by atoms with Crippen molar-refractivity contribution >= 4 is 35.1 Å². The smallest absolute Gasteiger partial charge is 0.248 e. The molecule has 1 heterocycles. The molecule has 6 heteroatoms. The van der Waals surface area contributed by atoms with Crippen molar-refractivity contribution in [3.8, 4) is 0 Å². The summed E-state index contributed by atoms with van der Waals surface area (Å²) in [5.74, 6) is 0.672. The number of nitrogens with one attached hydrogen (secondary N) is 1. The zero-order chi connectivity index (χ0) is 23.6. The second-order valence-electron chi connectivity index (χ2n) is 8.24. The van der Waals surface area contributed by atoms with Crippen LogP contribution in [-0.2, 0) is 4.79 Å². The van der Waals surface area contributed by atoms with Gasteiger partial charge in [-0.3, -0.25) is 9.69 Å². The molecule has 1 saturated heterocycles. The summed E-state index contributed by atoms with van der Waals surface area (Å²) in [6.45, 7) is 5.01. The Labute approximate surface area is 205 Å². The molecule has 1 N–H and O–H groups in total. The van der Waals surface area contributed by atoms with Gasteiger partial charge in [-0.15, -0.1) is 11.8 Å². The molecule has 0 aliphatic carbocycles. The van der Waals surface area contributed by atoms with Crippen LogP contribution in [0.25, 0.3) is 6.08 Å². The van der Waals surface area contributed by atoms with Crippen molar-refractivity contribution in [1.29, 1.82) is 0 Å². The Balaban J connectivity index is 1.19. The highest BCUT2D eigenvalue weighted by atomic mass is 32.2. The average molecular weight is 476 g/mol. The van der Waals surface area contributed by atoms with Crippen LogP contribution in [0.5, 0.6) is 0 Å². The van der Waals surface area contributed by atoms with Crippen molar-refractivity contribution in [2.45, 2.75) is 11.3 Å². The lowest BCUT2D eigenvalue weighted by Crippen LogP contribution is -2.46. The number of halogens is 1. The second-order valence-corrected chi connectivity index (χ2v) is 9.37. The minimum atomic E-state index is -0.190. The van der Waals surface area contributed by atoms with E-state index in [0.29, 0.717) is 0 Å². The number of anilines is 2. The van der Waals surface area contributed by atoms with Gasteiger partial charge < -0.3 is 10.2 Å². The van der Waals surface area contributed by atoms with Crippen molar-refractivity contribution in [3.63, 3.8) is 0 Å². The van der Waals surface area contributed by atoms with Crippen molar-refractivity contribution in [3.05, 3.63) is 96.3 Å². The van der Waals surface area contributed by atoms with E-state index >= 15 is 0 Å². The maximum Gasteiger partial charge on any atom is 0.248 e. The van der Waals surface area contributed by atoms with Gasteiger partial charge in [-0.1, -0.05) is 42.5 Å². The minimum absolute atomic E-state index is 0.129. The molecule has 4 nitrogen and oxygen atoms in total. The van der Waals surface area contributed by atoms with Crippen LogP contribution in [-0.4, -0.2) is 49.3 Å². The van der Waals surface area contributed by atoms with Crippen molar-refractivity contribution in [2.75, 3.05) is 48.7 Å². The third kappa shape index (κ3) is 7.20. The van der Waals surface area contributed by atoms with E-state index in [0.717, 1.165) is 66.7 Å². The molecule has 34 heavy (non-hydrogen) atoms. The normalized spacial score (nSPS) is 14.4. The SMILES string of the molecule is O=C(/C=C/c1ccccc1)Nc1ccccc1SCCCN1CCN(c2ccc(F)cc2)CC1. The van der Waals surface area contributed by atoms with E-state index in [9.17, 15) is 9.18 Å². The Kier molecular flexibility index (Phi) is 8.77. The molecule has 1 fully saturated rings. The summed E-state index contributed by atoms with van der Waals surface area (Å²) >= 11 is 1.78. The standard InChI is InChI=1S/C28H30FN3OS/c29-24-12-14-25(15-13-24)32-20-18-31(19-21-32)17-6-22-34-27-10-5-4-9-26(27)30-28(33)16-11-23-7-2-1-3-8-23/h1-5,7-16H,6,17-22H2,(H,30,33)/b16-11+. The highest BCUT2D eigenvalue weighted by Crippen LogP contribution is 2.27. The average Bonchev–Trinajstić information content (AvgIpc) is 2.88. The number of amides is 1. The molecule has 0 saturated carbocycles. The largest absolute Gasteiger partial charge is 0.369 e. The van der Waals surface area contributed by atoms with Crippen LogP contribution in [0.2, 0.25) is 0 Å². The number of thioether (sulfide) groups is 1. The van der Waals surface area contributed by atoms with Crippen LogP contribution in [0.3, 0.4) is 0 Å². The van der Waals surface area contributed by atoms with E-state index in [1.54, 1.807) is 17.8 Å². The van der Waals surface area contributed by atoms with Crippen LogP contribution in [0.1, 0.15) is 12.0 Å². The van der Waals surface area contributed by atoms with E-state index in [1.807, 2.05) is 66.7 Å². The molecule has 176 valence electrons. The topological polar surface area (TPSA) is 35.6 Å². The fourth-order valence-corrected chi connectivity index (χ4v) is 4.90. The molecular weight excluding hydrogens is 445 g/mol. The Hall–Kier alpha value is -3.09. The monoisotopic (exact) mass is 475 g/mol. The van der Waals surface area contributed by atoms with E-state index < -0.39 is 0 Å². The number of piperazine rings is 1. The first-order valence-corrected chi connectivity index (χ1v) is 12.6. The molecule has 0 spiro atoms. The van der Waals surface area contributed by atoms with Crippen LogP contribution in [0.15, 0.2) is 89.8 Å². The molecule has 0 aromatic heterocycles. The fourth-order valence-electron chi connectivity index (χ4n) is 3.96. The second kappa shape index (κ2) is 12.4. The quantitative estimate of drug-likeness (QED) is 0.242. The molecule has 0 atom stereocenters. The summed E-state index contributed by atoms with van der Waals surface area (Å²) in [6, 6.07) is 24.5. The first kappa shape index (κ1) is 24.0. The molecule has 1 amide bonds. The third-order valence-corrected chi connectivity index (χ3v) is 6.97. The van der Waals surface area contributed by atoms with Gasteiger partial charge in [-0.05, 0) is 66.8 Å². The number of nitrogens with zero attached hydrogens (tertiary/aromatic N) is 2. The third-order valence-electron chi connectivity index (χ3n) is 5.81. The van der Waals surface area contributed by atoms with Gasteiger partial charge in [0.15, 0.2) is 0 Å². The summed E-state index contributed by atoms with van der Waals surface area (Å²) in [5, 5.41) is 3.01. The number of hydrogen-bond acceptors (Lipinski definition) is 4. The van der Waals surface area contributed by atoms with Gasteiger partial charge in [0.25, 0.3) is 0 Å². The maximum atomic E-state index is 13.1. The molecule has 0 radical (unpaired) electrons. The first-order chi connectivity index (χ1) is 16.7. The van der Waals surface area contributed by atoms with Gasteiger partial charge >= 0.3 is 0 Å². The lowest BCUT2D eigenvalue weighted by Gasteiger charge is -2.36. The number of benzene rings is 3. The Bertz CT molecular complexity index is 1080. The van der Waals surface area contributed by atoms with Crippen LogP contribution in [0, 0.1) is 5.82 Å². The number of carbonyl (C=O) groups excluding carboxylic acids is 1. The molecule has 3 aromatic rings. The highest BCUT2D eigenvalue weighted by molar-refractivity contribution is 7.99.